The van der Waals surface area contributed by atoms with Gasteiger partial charge in [-0.2, -0.15) is 0 Å². The molecule has 4 atom stereocenters. The van der Waals surface area contributed by atoms with Gasteiger partial charge in [-0.15, -0.1) is 0 Å². The molecular formula is C20H32N4. The normalized spacial score (nSPS) is 34.0. The topological polar surface area (TPSA) is 40.2 Å². The maximum absolute atomic E-state index is 4.56. The second-order valence-electron chi connectivity index (χ2n) is 8.70. The van der Waals surface area contributed by atoms with Crippen LogP contribution in [0.4, 0.5) is 11.5 Å². The van der Waals surface area contributed by atoms with Crippen molar-refractivity contribution in [1.29, 1.82) is 0 Å². The zero-order chi connectivity index (χ0) is 16.7. The second kappa shape index (κ2) is 6.21. The molecule has 5 rings (SSSR count). The lowest BCUT2D eigenvalue weighted by atomic mass is 9.45. The first kappa shape index (κ1) is 16.2. The van der Waals surface area contributed by atoms with Gasteiger partial charge in [-0.05, 0) is 62.0 Å². The molecular weight excluding hydrogens is 296 g/mol. The summed E-state index contributed by atoms with van der Waals surface area (Å²) in [5.74, 6) is 3.74. The van der Waals surface area contributed by atoms with Gasteiger partial charge in [0.1, 0.15) is 5.82 Å². The highest BCUT2D eigenvalue weighted by Crippen LogP contribution is 2.61. The number of likely N-dealkylation sites (N-methyl/N-ethyl adjacent to an activating group) is 1. The van der Waals surface area contributed by atoms with Crippen molar-refractivity contribution in [3.8, 4) is 0 Å². The number of fused-ring (bicyclic) bond motifs is 2. The highest BCUT2D eigenvalue weighted by atomic mass is 15.2. The number of pyridine rings is 1. The van der Waals surface area contributed by atoms with Crippen LogP contribution in [0, 0.1) is 23.2 Å². The van der Waals surface area contributed by atoms with Crippen LogP contribution in [-0.4, -0.2) is 37.7 Å². The highest BCUT2D eigenvalue weighted by molar-refractivity contribution is 5.54. The SMILES string of the molecule is CNC1CCN(c2ccnc(NC[C@H]3CC[C@H]4C[C@@H]3C4(C)C)c2)C1. The van der Waals surface area contributed by atoms with Crippen LogP contribution in [0.25, 0.3) is 0 Å². The molecule has 4 heteroatoms. The second-order valence-corrected chi connectivity index (χ2v) is 8.70. The van der Waals surface area contributed by atoms with Crippen molar-refractivity contribution in [2.24, 2.45) is 23.2 Å². The largest absolute Gasteiger partial charge is 0.370 e. The van der Waals surface area contributed by atoms with Gasteiger partial charge in [-0.1, -0.05) is 13.8 Å². The van der Waals surface area contributed by atoms with E-state index in [0.29, 0.717) is 11.5 Å². The van der Waals surface area contributed by atoms with Gasteiger partial charge in [0.15, 0.2) is 0 Å². The lowest BCUT2D eigenvalue weighted by molar-refractivity contribution is -0.100. The number of hydrogen-bond acceptors (Lipinski definition) is 4. The number of nitrogens with one attached hydrogen (secondary N) is 2. The molecule has 24 heavy (non-hydrogen) atoms. The molecule has 4 fully saturated rings. The Morgan fingerprint density at radius 2 is 2.17 bits per heavy atom. The Hall–Kier alpha value is -1.29. The summed E-state index contributed by atoms with van der Waals surface area (Å²) in [5, 5.41) is 7.03. The van der Waals surface area contributed by atoms with Crippen LogP contribution in [0.3, 0.4) is 0 Å². The van der Waals surface area contributed by atoms with Gasteiger partial charge in [0.05, 0.1) is 0 Å². The molecule has 0 spiro atoms. The molecule has 3 saturated carbocycles. The Morgan fingerprint density at radius 1 is 1.29 bits per heavy atom. The van der Waals surface area contributed by atoms with Gasteiger partial charge in [0.2, 0.25) is 0 Å². The predicted molar refractivity (Wildman–Crippen MR) is 101 cm³/mol. The monoisotopic (exact) mass is 328 g/mol. The Kier molecular flexibility index (Phi) is 4.19. The van der Waals surface area contributed by atoms with E-state index in [9.17, 15) is 0 Å². The van der Waals surface area contributed by atoms with Crippen molar-refractivity contribution in [2.75, 3.05) is 36.9 Å². The van der Waals surface area contributed by atoms with E-state index in [1.165, 1.54) is 31.4 Å². The van der Waals surface area contributed by atoms with Crippen LogP contribution in [-0.2, 0) is 0 Å². The van der Waals surface area contributed by atoms with E-state index in [0.717, 1.165) is 43.2 Å². The fraction of sp³-hybridized carbons (Fsp3) is 0.750. The Labute approximate surface area is 146 Å². The third-order valence-electron chi connectivity index (χ3n) is 7.25. The van der Waals surface area contributed by atoms with Crippen LogP contribution in [0.2, 0.25) is 0 Å². The number of rotatable bonds is 5. The summed E-state index contributed by atoms with van der Waals surface area (Å²) in [5.41, 5.74) is 1.87. The lowest BCUT2D eigenvalue weighted by Crippen LogP contribution is -2.53. The van der Waals surface area contributed by atoms with Gasteiger partial charge in [-0.25, -0.2) is 4.98 Å². The first-order valence-electron chi connectivity index (χ1n) is 9.70. The number of aromatic nitrogens is 1. The molecule has 3 aliphatic carbocycles. The van der Waals surface area contributed by atoms with E-state index in [1.807, 2.05) is 6.20 Å². The maximum atomic E-state index is 4.56. The summed E-state index contributed by atoms with van der Waals surface area (Å²) in [4.78, 5) is 7.02. The molecule has 0 amide bonds. The predicted octanol–water partition coefficient (Wildman–Crippen LogP) is 3.36. The standard InChI is InChI=1S/C20H32N4/c1-20(2)15-5-4-14(18(20)10-15)12-23-19-11-17(6-8-22-19)24-9-7-16(13-24)21-3/h6,8,11,14-16,18,21H,4-5,7,9-10,12-13H2,1-3H3,(H,22,23)/t14-,15+,16?,18+/m1/s1. The minimum absolute atomic E-state index is 0.567. The fourth-order valence-corrected chi connectivity index (χ4v) is 5.39. The first-order chi connectivity index (χ1) is 11.6. The number of anilines is 2. The third kappa shape index (κ3) is 2.79. The maximum Gasteiger partial charge on any atom is 0.127 e. The van der Waals surface area contributed by atoms with Gasteiger partial charge < -0.3 is 15.5 Å². The number of hydrogen-bond donors (Lipinski definition) is 2. The highest BCUT2D eigenvalue weighted by Gasteiger charge is 2.53. The van der Waals surface area contributed by atoms with Gasteiger partial charge >= 0.3 is 0 Å². The van der Waals surface area contributed by atoms with Crippen LogP contribution < -0.4 is 15.5 Å². The zero-order valence-corrected chi connectivity index (χ0v) is 15.4. The van der Waals surface area contributed by atoms with E-state index in [2.05, 4.69) is 53.5 Å². The van der Waals surface area contributed by atoms with Crippen LogP contribution in [0.1, 0.15) is 39.5 Å². The first-order valence-corrected chi connectivity index (χ1v) is 9.70. The molecule has 2 N–H and O–H groups in total. The van der Waals surface area contributed by atoms with E-state index < -0.39 is 0 Å². The molecule has 0 radical (unpaired) electrons. The Bertz CT molecular complexity index is 583. The van der Waals surface area contributed by atoms with Gasteiger partial charge in [0.25, 0.3) is 0 Å². The average molecular weight is 329 g/mol. The summed E-state index contributed by atoms with van der Waals surface area (Å²) in [6.45, 7) is 8.26. The Morgan fingerprint density at radius 3 is 2.88 bits per heavy atom. The van der Waals surface area contributed by atoms with Crippen molar-refractivity contribution >= 4 is 11.5 Å². The fourth-order valence-electron chi connectivity index (χ4n) is 5.39. The van der Waals surface area contributed by atoms with Crippen LogP contribution in [0.5, 0.6) is 0 Å². The summed E-state index contributed by atoms with van der Waals surface area (Å²) in [6.07, 6.45) is 7.44. The molecule has 132 valence electrons. The summed E-state index contributed by atoms with van der Waals surface area (Å²) >= 11 is 0. The van der Waals surface area contributed by atoms with Crippen molar-refractivity contribution in [1.82, 2.24) is 10.3 Å². The minimum Gasteiger partial charge on any atom is -0.370 e. The molecule has 2 bridgehead atoms. The molecule has 4 nitrogen and oxygen atoms in total. The zero-order valence-electron chi connectivity index (χ0n) is 15.4. The number of nitrogens with zero attached hydrogens (tertiary/aromatic N) is 2. The molecule has 1 unspecified atom stereocenters. The molecule has 1 aromatic heterocycles. The lowest BCUT2D eigenvalue weighted by Gasteiger charge is -2.60. The summed E-state index contributed by atoms with van der Waals surface area (Å²) in [7, 11) is 2.06. The van der Waals surface area contributed by atoms with Crippen molar-refractivity contribution in [3.63, 3.8) is 0 Å². The molecule has 1 aromatic rings. The van der Waals surface area contributed by atoms with E-state index in [1.54, 1.807) is 0 Å². The summed E-state index contributed by atoms with van der Waals surface area (Å²) in [6, 6.07) is 4.99. The van der Waals surface area contributed by atoms with Crippen molar-refractivity contribution in [2.45, 2.75) is 45.6 Å². The smallest absolute Gasteiger partial charge is 0.127 e. The van der Waals surface area contributed by atoms with E-state index in [4.69, 9.17) is 0 Å². The van der Waals surface area contributed by atoms with Gasteiger partial charge in [0, 0.05) is 43.6 Å². The average Bonchev–Trinajstić information content (AvgIpc) is 3.09. The quantitative estimate of drug-likeness (QED) is 0.869. The third-order valence-corrected chi connectivity index (χ3v) is 7.25. The van der Waals surface area contributed by atoms with Crippen LogP contribution >= 0.6 is 0 Å². The Balaban J connectivity index is 1.36. The molecule has 0 aromatic carbocycles. The van der Waals surface area contributed by atoms with Crippen molar-refractivity contribution in [3.05, 3.63) is 18.3 Å². The minimum atomic E-state index is 0.567. The van der Waals surface area contributed by atoms with Crippen molar-refractivity contribution < 1.29 is 0 Å². The van der Waals surface area contributed by atoms with Crippen LogP contribution in [0.15, 0.2) is 18.3 Å². The molecule has 2 heterocycles. The van der Waals surface area contributed by atoms with E-state index in [-0.39, 0.29) is 0 Å². The van der Waals surface area contributed by atoms with E-state index >= 15 is 0 Å². The van der Waals surface area contributed by atoms with Gasteiger partial charge in [-0.3, -0.25) is 0 Å². The summed E-state index contributed by atoms with van der Waals surface area (Å²) < 4.78 is 0. The molecule has 1 aliphatic heterocycles. The molecule has 4 aliphatic rings. The molecule has 1 saturated heterocycles.